The number of hydrogen-bond acceptors (Lipinski definition) is 1. The Bertz CT molecular complexity index is 3650. The first-order valence-corrected chi connectivity index (χ1v) is 16.3. The van der Waals surface area contributed by atoms with Gasteiger partial charge in [0.15, 0.2) is 0 Å². The Morgan fingerprint density at radius 2 is 0.882 bits per heavy atom. The number of hydrogen-bond donors (Lipinski definition) is 0. The zero-order valence-corrected chi connectivity index (χ0v) is 26.7. The first kappa shape index (κ1) is 17.8. The van der Waals surface area contributed by atoms with Crippen LogP contribution in [0.4, 0.5) is 0 Å². The van der Waals surface area contributed by atoms with Gasteiger partial charge < -0.3 is 4.42 Å². The van der Waals surface area contributed by atoms with Gasteiger partial charge in [0.25, 0.3) is 0 Å². The van der Waals surface area contributed by atoms with Crippen LogP contribution in [0.15, 0.2) is 198 Å². The van der Waals surface area contributed by atoms with Gasteiger partial charge in [-0.05, 0) is 95.3 Å². The molecule has 1 aromatic heterocycles. The Morgan fingerprint density at radius 1 is 0.333 bits per heavy atom. The van der Waals surface area contributed by atoms with Crippen LogP contribution >= 0.6 is 0 Å². The normalized spacial score (nSPS) is 15.6. The summed E-state index contributed by atoms with van der Waals surface area (Å²) in [6.45, 7) is 0. The molecule has 0 fully saturated rings. The molecule has 9 aromatic carbocycles. The van der Waals surface area contributed by atoms with Crippen molar-refractivity contribution in [2.75, 3.05) is 0 Å². The molecule has 0 aliphatic heterocycles. The number of benzene rings is 9. The van der Waals surface area contributed by atoms with Gasteiger partial charge >= 0.3 is 0 Å². The lowest BCUT2D eigenvalue weighted by Crippen LogP contribution is -1.93. The zero-order chi connectivity index (χ0) is 46.8. The van der Waals surface area contributed by atoms with Crippen molar-refractivity contribution < 1.29 is 25.0 Å². The molecule has 238 valence electrons. The summed E-state index contributed by atoms with van der Waals surface area (Å²) in [4.78, 5) is 0. The van der Waals surface area contributed by atoms with Crippen LogP contribution in [0.1, 0.15) is 20.6 Å². The van der Waals surface area contributed by atoms with E-state index >= 15 is 0 Å². The summed E-state index contributed by atoms with van der Waals surface area (Å²) in [6, 6.07) is 23.1. The van der Waals surface area contributed by atoms with Crippen LogP contribution in [0.25, 0.3) is 99.1 Å². The third-order valence-electron chi connectivity index (χ3n) is 9.16. The second-order valence-electron chi connectivity index (χ2n) is 12.0. The minimum atomic E-state index is -0.697. The highest BCUT2D eigenvalue weighted by atomic mass is 16.3. The summed E-state index contributed by atoms with van der Waals surface area (Å²) >= 11 is 0. The fourth-order valence-corrected chi connectivity index (χ4v) is 6.94. The van der Waals surface area contributed by atoms with Crippen LogP contribution in [0.2, 0.25) is 0 Å². The molecule has 1 nitrogen and oxygen atoms in total. The van der Waals surface area contributed by atoms with Gasteiger partial charge in [-0.25, -0.2) is 0 Å². The Morgan fingerprint density at radius 3 is 1.57 bits per heavy atom. The Hall–Kier alpha value is -6.70. The molecule has 51 heavy (non-hydrogen) atoms. The molecule has 0 amide bonds. The van der Waals surface area contributed by atoms with Crippen molar-refractivity contribution in [1.29, 1.82) is 0 Å². The van der Waals surface area contributed by atoms with E-state index in [0.717, 1.165) is 0 Å². The molecule has 10 aromatic rings. The van der Waals surface area contributed by atoms with Gasteiger partial charge in [-0.3, -0.25) is 0 Å². The Balaban J connectivity index is 1.34. The van der Waals surface area contributed by atoms with Gasteiger partial charge in [-0.15, -0.1) is 0 Å². The van der Waals surface area contributed by atoms with Crippen molar-refractivity contribution in [2.24, 2.45) is 0 Å². The summed E-state index contributed by atoms with van der Waals surface area (Å²) < 4.78 is 141. The lowest BCUT2D eigenvalue weighted by Gasteiger charge is -2.20. The highest BCUT2D eigenvalue weighted by Gasteiger charge is 2.21. The molecule has 0 aliphatic rings. The van der Waals surface area contributed by atoms with Gasteiger partial charge in [-0.2, -0.15) is 0 Å². The number of fused-ring (bicyclic) bond motifs is 5. The molecule has 0 saturated carbocycles. The molecule has 10 rings (SSSR count). The fraction of sp³-hybridized carbons (Fsp3) is 0. The Kier molecular flexibility index (Phi) is 4.19. The van der Waals surface area contributed by atoms with E-state index in [0.29, 0.717) is 49.4 Å². The second-order valence-corrected chi connectivity index (χ2v) is 12.0. The Labute approximate surface area is 317 Å². The van der Waals surface area contributed by atoms with Gasteiger partial charge in [-0.1, -0.05) is 176 Å². The van der Waals surface area contributed by atoms with E-state index < -0.39 is 77.6 Å². The van der Waals surface area contributed by atoms with Crippen LogP contribution in [-0.4, -0.2) is 0 Å². The molecule has 0 bridgehead atoms. The predicted octanol–water partition coefficient (Wildman–Crippen LogP) is 14.2. The molecular formula is C50H32O. The minimum absolute atomic E-state index is 0.00581. The van der Waals surface area contributed by atoms with Crippen LogP contribution in [-0.2, 0) is 0 Å². The number of furan rings is 1. The van der Waals surface area contributed by atoms with E-state index in [4.69, 9.17) is 19.5 Å². The number of rotatable bonds is 5. The predicted molar refractivity (Wildman–Crippen MR) is 216 cm³/mol. The van der Waals surface area contributed by atoms with Crippen LogP contribution in [0, 0.1) is 0 Å². The average molecular weight is 664 g/mol. The summed E-state index contributed by atoms with van der Waals surface area (Å²) in [5.74, 6) is 0. The van der Waals surface area contributed by atoms with Crippen molar-refractivity contribution in [3.05, 3.63) is 194 Å². The van der Waals surface area contributed by atoms with Gasteiger partial charge in [0.1, 0.15) is 11.2 Å². The third-order valence-corrected chi connectivity index (χ3v) is 9.16. The highest BCUT2D eigenvalue weighted by Crippen LogP contribution is 2.48. The van der Waals surface area contributed by atoms with Crippen LogP contribution in [0.3, 0.4) is 0 Å². The topological polar surface area (TPSA) is 13.1 Å². The van der Waals surface area contributed by atoms with E-state index in [1.165, 1.54) is 0 Å². The van der Waals surface area contributed by atoms with Crippen molar-refractivity contribution in [1.82, 2.24) is 0 Å². The van der Waals surface area contributed by atoms with Crippen LogP contribution < -0.4 is 0 Å². The quantitative estimate of drug-likeness (QED) is 0.167. The average Bonchev–Trinajstić information content (AvgIpc) is 3.73. The molecule has 0 radical (unpaired) electrons. The molecule has 1 heterocycles. The van der Waals surface area contributed by atoms with Crippen molar-refractivity contribution in [2.45, 2.75) is 0 Å². The molecule has 1 heteroatoms. The summed E-state index contributed by atoms with van der Waals surface area (Å²) in [6.07, 6.45) is 0. The standard InChI is InChI=1S/C50H32O/c1-3-14-33(15-4-1)35-26-28-36(29-27-35)38-18-7-8-19-39(38)48-40-20-9-11-22-42(40)49(43-23-12-10-21-41(43)48)44-24-13-25-47-50(44)45-32-37(30-31-46(45)51-47)34-16-5-2-6-17-34/h1-32H/i2D,5D,6D,13D,16D,17D,24D,25D,26D,27D,28D,29D,30D,31D,32D. The summed E-state index contributed by atoms with van der Waals surface area (Å²) in [7, 11) is 0. The molecular weight excluding hydrogens is 617 g/mol. The van der Waals surface area contributed by atoms with E-state index in [9.17, 15) is 5.48 Å². The third kappa shape index (κ3) is 4.86. The molecule has 0 saturated heterocycles. The molecule has 0 spiro atoms. The second kappa shape index (κ2) is 12.0. The van der Waals surface area contributed by atoms with Crippen molar-refractivity contribution in [3.63, 3.8) is 0 Å². The first-order valence-electron chi connectivity index (χ1n) is 23.8. The lowest BCUT2D eigenvalue weighted by atomic mass is 9.83. The highest BCUT2D eigenvalue weighted by molar-refractivity contribution is 6.26. The largest absolute Gasteiger partial charge is 0.456 e. The minimum Gasteiger partial charge on any atom is -0.456 e. The molecule has 0 N–H and O–H groups in total. The molecule has 0 aliphatic carbocycles. The van der Waals surface area contributed by atoms with Gasteiger partial charge in [0.2, 0.25) is 0 Å². The summed E-state index contributed by atoms with van der Waals surface area (Å²) in [5, 5.41) is 2.18. The van der Waals surface area contributed by atoms with E-state index in [1.54, 1.807) is 48.5 Å². The smallest absolute Gasteiger partial charge is 0.136 e. The SMILES string of the molecule is [2H]c1c([2H])c([2H])c(-c2c([2H])c([2H])c3oc4c([2H])c([2H])c([2H])c(-c5c6ccccc6c(-c6ccccc6-c6c([2H])c([2H])c(-c7ccccc7)c([2H])c6[2H])c6ccccc56)c4c3c2[2H])c([2H])c1[2H]. The maximum absolute atomic E-state index is 9.63. The zero-order valence-electron chi connectivity index (χ0n) is 41.7. The maximum atomic E-state index is 9.63. The lowest BCUT2D eigenvalue weighted by molar-refractivity contribution is 0.669. The fourth-order valence-electron chi connectivity index (χ4n) is 6.94. The molecule has 0 atom stereocenters. The van der Waals surface area contributed by atoms with Crippen LogP contribution in [0.5, 0.6) is 0 Å². The first-order chi connectivity index (χ1) is 31.6. The van der Waals surface area contributed by atoms with Crippen molar-refractivity contribution in [3.8, 4) is 55.6 Å². The maximum Gasteiger partial charge on any atom is 0.136 e. The van der Waals surface area contributed by atoms with E-state index in [2.05, 4.69) is 0 Å². The van der Waals surface area contributed by atoms with Gasteiger partial charge in [0, 0.05) is 10.8 Å². The molecule has 0 unspecified atom stereocenters. The summed E-state index contributed by atoms with van der Waals surface area (Å²) in [5.41, 5.74) is 1.50. The van der Waals surface area contributed by atoms with Gasteiger partial charge in [0.05, 0.1) is 20.6 Å². The van der Waals surface area contributed by atoms with E-state index in [1.807, 2.05) is 54.6 Å². The van der Waals surface area contributed by atoms with E-state index in [-0.39, 0.29) is 62.8 Å². The van der Waals surface area contributed by atoms with Crippen molar-refractivity contribution >= 4 is 43.5 Å². The monoisotopic (exact) mass is 663 g/mol.